The van der Waals surface area contributed by atoms with E-state index < -0.39 is 0 Å². The Balaban J connectivity index is 4.80. The van der Waals surface area contributed by atoms with Crippen LogP contribution < -0.4 is 0 Å². The monoisotopic (exact) mass is 291 g/mol. The minimum absolute atomic E-state index is 0.329. The van der Waals surface area contributed by atoms with Crippen LogP contribution in [0.1, 0.15) is 85.5 Å². The Morgan fingerprint density at radius 3 is 2.05 bits per heavy atom. The highest BCUT2D eigenvalue weighted by Gasteiger charge is 2.25. The van der Waals surface area contributed by atoms with Crippen LogP contribution in [0.3, 0.4) is 0 Å². The number of unbranched alkanes of at least 4 members (excludes halogenated alkanes) is 5. The van der Waals surface area contributed by atoms with Crippen molar-refractivity contribution >= 4 is 6.21 Å². The molecule has 1 heteroatoms. The molecule has 0 rings (SSSR count). The fourth-order valence-corrected chi connectivity index (χ4v) is 3.00. The zero-order valence-electron chi connectivity index (χ0n) is 15.1. The van der Waals surface area contributed by atoms with Gasteiger partial charge in [-0.3, -0.25) is 4.99 Å². The number of allylic oxidation sites excluding steroid dienone is 4. The fraction of sp³-hybridized carbons (Fsp3) is 0.750. The van der Waals surface area contributed by atoms with Crippen molar-refractivity contribution < 1.29 is 0 Å². The molecule has 1 nitrogen and oxygen atoms in total. The lowest BCUT2D eigenvalue weighted by Gasteiger charge is -2.32. The Morgan fingerprint density at radius 1 is 0.952 bits per heavy atom. The molecule has 122 valence electrons. The van der Waals surface area contributed by atoms with E-state index in [1.807, 2.05) is 13.3 Å². The third kappa shape index (κ3) is 8.90. The number of nitrogens with zero attached hydrogens (tertiary/aromatic N) is 1. The van der Waals surface area contributed by atoms with E-state index in [1.54, 1.807) is 0 Å². The summed E-state index contributed by atoms with van der Waals surface area (Å²) in [5.41, 5.74) is 1.81. The lowest BCUT2D eigenvalue weighted by molar-refractivity contribution is 0.315. The highest BCUT2D eigenvalue weighted by atomic mass is 14.6. The second-order valence-corrected chi connectivity index (χ2v) is 6.34. The first-order valence-electron chi connectivity index (χ1n) is 8.90. The number of hydrogen-bond donors (Lipinski definition) is 0. The molecular formula is C20H37N. The summed E-state index contributed by atoms with van der Waals surface area (Å²) in [6, 6.07) is 0. The standard InChI is InChI=1S/C20H37N/c1-6-9-11-13-17-20(4,16-12-10-7-2)19(8-3)15-14-18-21-5/h8,14-15,18H,6-7,9-13,16-17H2,1-5H3/b15-14-,19-8+,21-18-. The van der Waals surface area contributed by atoms with Gasteiger partial charge in [0.2, 0.25) is 0 Å². The topological polar surface area (TPSA) is 12.4 Å². The zero-order valence-corrected chi connectivity index (χ0v) is 15.1. The van der Waals surface area contributed by atoms with Gasteiger partial charge in [0.05, 0.1) is 0 Å². The van der Waals surface area contributed by atoms with Gasteiger partial charge in [-0.15, -0.1) is 0 Å². The van der Waals surface area contributed by atoms with Crippen LogP contribution in [0.2, 0.25) is 0 Å². The summed E-state index contributed by atoms with van der Waals surface area (Å²) < 4.78 is 0. The molecule has 1 unspecified atom stereocenters. The van der Waals surface area contributed by atoms with Crippen LogP contribution >= 0.6 is 0 Å². The average Bonchev–Trinajstić information content (AvgIpc) is 2.48. The van der Waals surface area contributed by atoms with E-state index in [2.05, 4.69) is 50.9 Å². The van der Waals surface area contributed by atoms with E-state index in [1.165, 1.54) is 63.4 Å². The fourth-order valence-electron chi connectivity index (χ4n) is 3.00. The molecular weight excluding hydrogens is 254 g/mol. The van der Waals surface area contributed by atoms with E-state index in [9.17, 15) is 0 Å². The van der Waals surface area contributed by atoms with E-state index in [0.29, 0.717) is 5.41 Å². The predicted octanol–water partition coefficient (Wildman–Crippen LogP) is 6.75. The van der Waals surface area contributed by atoms with Crippen molar-refractivity contribution in [2.75, 3.05) is 7.05 Å². The van der Waals surface area contributed by atoms with Crippen LogP contribution in [0, 0.1) is 5.41 Å². The first-order valence-corrected chi connectivity index (χ1v) is 8.90. The van der Waals surface area contributed by atoms with Crippen molar-refractivity contribution in [2.24, 2.45) is 10.4 Å². The van der Waals surface area contributed by atoms with Crippen LogP contribution in [-0.2, 0) is 0 Å². The third-order valence-electron chi connectivity index (χ3n) is 4.43. The molecule has 0 spiro atoms. The van der Waals surface area contributed by atoms with E-state index in [-0.39, 0.29) is 0 Å². The van der Waals surface area contributed by atoms with Gasteiger partial charge in [-0.2, -0.15) is 0 Å². The molecule has 0 aliphatic heterocycles. The van der Waals surface area contributed by atoms with Crippen molar-refractivity contribution in [3.63, 3.8) is 0 Å². The quantitative estimate of drug-likeness (QED) is 0.214. The molecule has 0 saturated heterocycles. The highest BCUT2D eigenvalue weighted by Crippen LogP contribution is 2.39. The van der Waals surface area contributed by atoms with Gasteiger partial charge < -0.3 is 0 Å². The van der Waals surface area contributed by atoms with E-state index in [0.717, 1.165) is 0 Å². The van der Waals surface area contributed by atoms with Crippen molar-refractivity contribution in [3.05, 3.63) is 23.8 Å². The molecule has 21 heavy (non-hydrogen) atoms. The smallest absolute Gasteiger partial charge is 0.0277 e. The summed E-state index contributed by atoms with van der Waals surface area (Å²) in [6.07, 6.45) is 20.5. The van der Waals surface area contributed by atoms with Crippen molar-refractivity contribution in [1.29, 1.82) is 0 Å². The van der Waals surface area contributed by atoms with Crippen LogP contribution in [-0.4, -0.2) is 13.3 Å². The highest BCUT2D eigenvalue weighted by molar-refractivity contribution is 5.71. The van der Waals surface area contributed by atoms with Crippen LogP contribution in [0.5, 0.6) is 0 Å². The summed E-state index contributed by atoms with van der Waals surface area (Å²) in [7, 11) is 1.82. The van der Waals surface area contributed by atoms with Gasteiger partial charge in [0.25, 0.3) is 0 Å². The Kier molecular flexibility index (Phi) is 12.3. The van der Waals surface area contributed by atoms with Crippen molar-refractivity contribution in [1.82, 2.24) is 0 Å². The lowest BCUT2D eigenvalue weighted by atomic mass is 9.73. The van der Waals surface area contributed by atoms with Gasteiger partial charge >= 0.3 is 0 Å². The summed E-state index contributed by atoms with van der Waals surface area (Å²) >= 11 is 0. The van der Waals surface area contributed by atoms with Gasteiger partial charge in [0.1, 0.15) is 0 Å². The summed E-state index contributed by atoms with van der Waals surface area (Å²) in [6.45, 7) is 9.20. The third-order valence-corrected chi connectivity index (χ3v) is 4.43. The lowest BCUT2D eigenvalue weighted by Crippen LogP contribution is -2.19. The maximum absolute atomic E-state index is 4.05. The predicted molar refractivity (Wildman–Crippen MR) is 98.3 cm³/mol. The molecule has 0 bridgehead atoms. The second-order valence-electron chi connectivity index (χ2n) is 6.34. The average molecular weight is 292 g/mol. The molecule has 0 fully saturated rings. The van der Waals surface area contributed by atoms with Gasteiger partial charge in [-0.05, 0) is 36.8 Å². The summed E-state index contributed by atoms with van der Waals surface area (Å²) in [4.78, 5) is 4.05. The first kappa shape index (κ1) is 20.1. The molecule has 0 aromatic carbocycles. The van der Waals surface area contributed by atoms with Crippen LogP contribution in [0.15, 0.2) is 28.8 Å². The normalized spacial score (nSPS) is 16.0. The molecule has 1 atom stereocenters. The van der Waals surface area contributed by atoms with Crippen molar-refractivity contribution in [2.45, 2.75) is 85.5 Å². The van der Waals surface area contributed by atoms with E-state index >= 15 is 0 Å². The molecule has 0 saturated carbocycles. The number of rotatable bonds is 12. The van der Waals surface area contributed by atoms with Gasteiger partial charge in [-0.25, -0.2) is 0 Å². The van der Waals surface area contributed by atoms with E-state index in [4.69, 9.17) is 0 Å². The molecule has 0 amide bonds. The number of aliphatic imine (C=N–C) groups is 1. The molecule has 0 aromatic heterocycles. The molecule has 0 heterocycles. The molecule has 0 aromatic rings. The SMILES string of the molecule is C\C=C(/C=C\C=N/C)C(C)(CCCCC)CCCCCC. The zero-order chi connectivity index (χ0) is 16.0. The summed E-state index contributed by atoms with van der Waals surface area (Å²) in [5.74, 6) is 0. The Hall–Kier alpha value is -0.850. The minimum Gasteiger partial charge on any atom is -0.297 e. The molecule has 0 N–H and O–H groups in total. The first-order chi connectivity index (χ1) is 10.1. The minimum atomic E-state index is 0.329. The Bertz CT molecular complexity index is 325. The number of hydrogen-bond acceptors (Lipinski definition) is 1. The van der Waals surface area contributed by atoms with Gasteiger partial charge in [0.15, 0.2) is 0 Å². The maximum atomic E-state index is 4.05. The molecule has 0 aliphatic carbocycles. The van der Waals surface area contributed by atoms with Gasteiger partial charge in [0, 0.05) is 13.3 Å². The Morgan fingerprint density at radius 2 is 1.52 bits per heavy atom. The maximum Gasteiger partial charge on any atom is 0.0277 e. The molecule has 0 aliphatic rings. The Labute approximate surface area is 133 Å². The van der Waals surface area contributed by atoms with Crippen LogP contribution in [0.25, 0.3) is 0 Å². The van der Waals surface area contributed by atoms with Crippen LogP contribution in [0.4, 0.5) is 0 Å². The van der Waals surface area contributed by atoms with Crippen molar-refractivity contribution in [3.8, 4) is 0 Å². The van der Waals surface area contributed by atoms with Gasteiger partial charge in [-0.1, -0.05) is 77.9 Å². The molecule has 0 radical (unpaired) electrons. The largest absolute Gasteiger partial charge is 0.297 e. The summed E-state index contributed by atoms with van der Waals surface area (Å²) in [5, 5.41) is 0. The second kappa shape index (κ2) is 12.9.